The number of hydrogen-bond donors (Lipinski definition) is 0. The highest BCUT2D eigenvalue weighted by atomic mass is 16.7. The Hall–Kier alpha value is -2.71. The molecule has 4 heterocycles. The monoisotopic (exact) mass is 367 g/mol. The topological polar surface area (TPSA) is 74.5 Å². The summed E-state index contributed by atoms with van der Waals surface area (Å²) >= 11 is 0. The summed E-state index contributed by atoms with van der Waals surface area (Å²) in [7, 11) is 0. The molecule has 140 valence electrons. The third kappa shape index (κ3) is 3.45. The van der Waals surface area contributed by atoms with Crippen LogP contribution in [0.15, 0.2) is 36.5 Å². The van der Waals surface area contributed by atoms with Gasteiger partial charge in [-0.25, -0.2) is 4.98 Å². The Bertz CT molecular complexity index is 944. The van der Waals surface area contributed by atoms with E-state index in [0.717, 1.165) is 38.4 Å². The number of ether oxygens (including phenoxy) is 2. The van der Waals surface area contributed by atoms with E-state index in [-0.39, 0.29) is 6.10 Å². The van der Waals surface area contributed by atoms with Crippen molar-refractivity contribution >= 4 is 11.2 Å². The molecule has 0 N–H and O–H groups in total. The summed E-state index contributed by atoms with van der Waals surface area (Å²) < 4.78 is 11.5. The van der Waals surface area contributed by atoms with Gasteiger partial charge in [-0.2, -0.15) is 0 Å². The lowest BCUT2D eigenvalue weighted by Gasteiger charge is -2.32. The lowest BCUT2D eigenvalue weighted by molar-refractivity contribution is -0.0770. The van der Waals surface area contributed by atoms with Gasteiger partial charge in [-0.1, -0.05) is 17.0 Å². The van der Waals surface area contributed by atoms with E-state index in [2.05, 4.69) is 38.4 Å². The van der Waals surface area contributed by atoms with Crippen LogP contribution in [0.5, 0.6) is 5.75 Å². The Labute approximate surface area is 156 Å². The molecule has 2 aromatic heterocycles. The van der Waals surface area contributed by atoms with Gasteiger partial charge >= 0.3 is 0 Å². The minimum Gasteiger partial charge on any atom is -0.493 e. The maximum atomic E-state index is 5.86. The molecule has 0 spiro atoms. The van der Waals surface area contributed by atoms with Gasteiger partial charge in [-0.3, -0.25) is 4.90 Å². The molecule has 27 heavy (non-hydrogen) atoms. The maximum absolute atomic E-state index is 5.86. The van der Waals surface area contributed by atoms with E-state index in [1.165, 1.54) is 16.0 Å². The van der Waals surface area contributed by atoms with Crippen LogP contribution in [0.25, 0.3) is 11.2 Å². The maximum Gasteiger partial charge on any atom is 0.219 e. The summed E-state index contributed by atoms with van der Waals surface area (Å²) in [6.45, 7) is 4.52. The quantitative estimate of drug-likeness (QED) is 0.668. The number of rotatable bonds is 5. The molecule has 1 saturated heterocycles. The van der Waals surface area contributed by atoms with Crippen molar-refractivity contribution in [2.24, 2.45) is 0 Å². The molecule has 2 aliphatic heterocycles. The Morgan fingerprint density at radius 3 is 3.22 bits per heavy atom. The molecule has 1 atom stereocenters. The number of hydrogen-bond acceptors (Lipinski definition) is 7. The van der Waals surface area contributed by atoms with Crippen molar-refractivity contribution in [1.82, 2.24) is 25.0 Å². The zero-order valence-electron chi connectivity index (χ0n) is 15.0. The van der Waals surface area contributed by atoms with Crippen molar-refractivity contribution in [3.63, 3.8) is 0 Å². The SMILES string of the molecule is c1cnc2c(c1)nnn2OCC1CN(Cc2ccc3c(c2)CCO3)CCO1. The summed E-state index contributed by atoms with van der Waals surface area (Å²) in [6.07, 6.45) is 2.69. The second-order valence-corrected chi connectivity index (χ2v) is 6.87. The summed E-state index contributed by atoms with van der Waals surface area (Å²) in [5, 5.41) is 8.05. The summed E-state index contributed by atoms with van der Waals surface area (Å²) in [6, 6.07) is 10.2. The van der Waals surface area contributed by atoms with Crippen LogP contribution in [-0.2, 0) is 17.7 Å². The third-order valence-corrected chi connectivity index (χ3v) is 4.95. The zero-order chi connectivity index (χ0) is 18.1. The van der Waals surface area contributed by atoms with Gasteiger partial charge in [-0.15, -0.1) is 5.10 Å². The number of benzene rings is 1. The van der Waals surface area contributed by atoms with Crippen molar-refractivity contribution in [2.45, 2.75) is 19.1 Å². The first-order chi connectivity index (χ1) is 13.3. The van der Waals surface area contributed by atoms with Gasteiger partial charge in [0.15, 0.2) is 0 Å². The Balaban J connectivity index is 1.19. The summed E-state index contributed by atoms with van der Waals surface area (Å²) in [5.41, 5.74) is 3.95. The molecule has 0 aliphatic carbocycles. The highest BCUT2D eigenvalue weighted by Crippen LogP contribution is 2.26. The van der Waals surface area contributed by atoms with Crippen molar-refractivity contribution in [3.05, 3.63) is 47.7 Å². The fourth-order valence-corrected chi connectivity index (χ4v) is 3.61. The first-order valence-electron chi connectivity index (χ1n) is 9.23. The molecule has 8 heteroatoms. The minimum atomic E-state index is -0.0144. The van der Waals surface area contributed by atoms with Crippen LogP contribution in [0.1, 0.15) is 11.1 Å². The van der Waals surface area contributed by atoms with Crippen LogP contribution in [0, 0.1) is 0 Å². The predicted octanol–water partition coefficient (Wildman–Crippen LogP) is 1.09. The van der Waals surface area contributed by atoms with E-state index in [9.17, 15) is 0 Å². The first-order valence-corrected chi connectivity index (χ1v) is 9.23. The van der Waals surface area contributed by atoms with Crippen LogP contribution >= 0.6 is 0 Å². The lowest BCUT2D eigenvalue weighted by atomic mass is 10.1. The van der Waals surface area contributed by atoms with E-state index in [0.29, 0.717) is 24.4 Å². The summed E-state index contributed by atoms with van der Waals surface area (Å²) in [4.78, 5) is 13.8. The van der Waals surface area contributed by atoms with Gasteiger partial charge in [0.2, 0.25) is 5.65 Å². The van der Waals surface area contributed by atoms with Crippen molar-refractivity contribution < 1.29 is 14.3 Å². The Morgan fingerprint density at radius 1 is 1.22 bits per heavy atom. The van der Waals surface area contributed by atoms with Gasteiger partial charge < -0.3 is 14.3 Å². The van der Waals surface area contributed by atoms with Gasteiger partial charge in [0.05, 0.1) is 13.2 Å². The third-order valence-electron chi connectivity index (χ3n) is 4.95. The standard InChI is InChI=1S/C19H21N5O3/c1-2-17-19(20-6-1)24(22-21-17)27-13-16-12-23(7-9-25-16)11-14-3-4-18-15(10-14)5-8-26-18/h1-4,6,10,16H,5,7-9,11-13H2. The average Bonchev–Trinajstić information content (AvgIpc) is 3.33. The van der Waals surface area contributed by atoms with Crippen LogP contribution < -0.4 is 9.57 Å². The molecule has 0 saturated carbocycles. The molecule has 0 amide bonds. The normalized spacial score (nSPS) is 19.8. The molecule has 1 fully saturated rings. The predicted molar refractivity (Wildman–Crippen MR) is 97.4 cm³/mol. The molecular formula is C19H21N5O3. The number of fused-ring (bicyclic) bond motifs is 2. The number of aromatic nitrogens is 4. The highest BCUT2D eigenvalue weighted by Gasteiger charge is 2.22. The fraction of sp³-hybridized carbons (Fsp3) is 0.421. The van der Waals surface area contributed by atoms with Crippen LogP contribution in [0.4, 0.5) is 0 Å². The minimum absolute atomic E-state index is 0.0144. The zero-order valence-corrected chi connectivity index (χ0v) is 15.0. The molecular weight excluding hydrogens is 346 g/mol. The molecule has 8 nitrogen and oxygen atoms in total. The van der Waals surface area contributed by atoms with Gasteiger partial charge in [0, 0.05) is 32.3 Å². The lowest BCUT2D eigenvalue weighted by Crippen LogP contribution is -2.45. The van der Waals surface area contributed by atoms with E-state index < -0.39 is 0 Å². The molecule has 0 radical (unpaired) electrons. The molecule has 0 bridgehead atoms. The molecule has 1 aromatic carbocycles. The number of pyridine rings is 1. The van der Waals surface area contributed by atoms with E-state index in [4.69, 9.17) is 14.3 Å². The van der Waals surface area contributed by atoms with Gasteiger partial charge in [-0.05, 0) is 34.5 Å². The summed E-state index contributed by atoms with van der Waals surface area (Å²) in [5.74, 6) is 1.03. The van der Waals surface area contributed by atoms with Gasteiger partial charge in [0.1, 0.15) is 24.0 Å². The second kappa shape index (κ2) is 7.13. The highest BCUT2D eigenvalue weighted by molar-refractivity contribution is 5.68. The molecule has 1 unspecified atom stereocenters. The van der Waals surface area contributed by atoms with E-state index in [1.54, 1.807) is 6.20 Å². The first kappa shape index (κ1) is 16.5. The smallest absolute Gasteiger partial charge is 0.219 e. The van der Waals surface area contributed by atoms with E-state index >= 15 is 0 Å². The van der Waals surface area contributed by atoms with Crippen molar-refractivity contribution in [2.75, 3.05) is 32.9 Å². The second-order valence-electron chi connectivity index (χ2n) is 6.87. The molecule has 3 aromatic rings. The van der Waals surface area contributed by atoms with Crippen molar-refractivity contribution in [3.8, 4) is 5.75 Å². The van der Waals surface area contributed by atoms with Crippen LogP contribution in [-0.4, -0.2) is 64.1 Å². The fourth-order valence-electron chi connectivity index (χ4n) is 3.61. The largest absolute Gasteiger partial charge is 0.493 e. The average molecular weight is 367 g/mol. The number of nitrogens with zero attached hydrogens (tertiary/aromatic N) is 5. The molecule has 5 rings (SSSR count). The molecule has 2 aliphatic rings. The van der Waals surface area contributed by atoms with Crippen molar-refractivity contribution in [1.29, 1.82) is 0 Å². The number of morpholine rings is 1. The van der Waals surface area contributed by atoms with Crippen LogP contribution in [0.3, 0.4) is 0 Å². The Morgan fingerprint density at radius 2 is 2.22 bits per heavy atom. The van der Waals surface area contributed by atoms with E-state index in [1.807, 2.05) is 12.1 Å². The van der Waals surface area contributed by atoms with Gasteiger partial charge in [0.25, 0.3) is 0 Å². The van der Waals surface area contributed by atoms with Crippen LogP contribution in [0.2, 0.25) is 0 Å². The Kier molecular flexibility index (Phi) is 4.35.